The molecule has 0 amide bonds. The predicted octanol–water partition coefficient (Wildman–Crippen LogP) is 3.46. The Hall–Kier alpha value is -1.09. The fourth-order valence-corrected chi connectivity index (χ4v) is 1.29. The molecule has 0 aliphatic heterocycles. The zero-order valence-electron chi connectivity index (χ0n) is 11.4. The van der Waals surface area contributed by atoms with Gasteiger partial charge in [-0.3, -0.25) is 0 Å². The van der Waals surface area contributed by atoms with Crippen molar-refractivity contribution in [2.45, 2.75) is 46.8 Å². The van der Waals surface area contributed by atoms with E-state index in [9.17, 15) is 0 Å². The highest BCUT2D eigenvalue weighted by Gasteiger charge is 2.07. The lowest BCUT2D eigenvalue weighted by Gasteiger charge is -2.16. The van der Waals surface area contributed by atoms with E-state index in [-0.39, 0.29) is 6.10 Å². The van der Waals surface area contributed by atoms with Gasteiger partial charge in [-0.2, -0.15) is 0 Å². The summed E-state index contributed by atoms with van der Waals surface area (Å²) in [6.45, 7) is 10.2. The summed E-state index contributed by atoms with van der Waals surface area (Å²) in [5, 5.41) is 3.25. The molecule has 3 heteroatoms. The minimum Gasteiger partial charge on any atom is -0.374 e. The summed E-state index contributed by atoms with van der Waals surface area (Å²) in [7, 11) is 0. The number of aromatic nitrogens is 1. The number of hydrogen-bond acceptors (Lipinski definition) is 3. The van der Waals surface area contributed by atoms with Crippen molar-refractivity contribution in [2.24, 2.45) is 5.92 Å². The normalized spacial score (nSPS) is 12.8. The maximum Gasteiger partial charge on any atom is 0.125 e. The van der Waals surface area contributed by atoms with Gasteiger partial charge in [-0.25, -0.2) is 4.98 Å². The van der Waals surface area contributed by atoms with E-state index < -0.39 is 0 Å². The van der Waals surface area contributed by atoms with E-state index >= 15 is 0 Å². The zero-order chi connectivity index (χ0) is 12.7. The van der Waals surface area contributed by atoms with Gasteiger partial charge in [-0.05, 0) is 30.9 Å². The number of nitrogens with one attached hydrogen (secondary N) is 1. The van der Waals surface area contributed by atoms with Gasteiger partial charge < -0.3 is 10.1 Å². The molecule has 0 saturated carbocycles. The van der Waals surface area contributed by atoms with Gasteiger partial charge >= 0.3 is 0 Å². The van der Waals surface area contributed by atoms with Crippen LogP contribution in [0, 0.1) is 5.92 Å². The van der Waals surface area contributed by atoms with Crippen LogP contribution in [0.1, 0.15) is 39.7 Å². The second-order valence-corrected chi connectivity index (χ2v) is 4.74. The summed E-state index contributed by atoms with van der Waals surface area (Å²) in [6, 6.07) is 4.08. The molecule has 1 aromatic rings. The van der Waals surface area contributed by atoms with E-state index in [1.807, 2.05) is 12.3 Å². The summed E-state index contributed by atoms with van der Waals surface area (Å²) < 4.78 is 5.75. The first kappa shape index (κ1) is 14.0. The van der Waals surface area contributed by atoms with Crippen LogP contribution < -0.4 is 5.32 Å². The van der Waals surface area contributed by atoms with Crippen molar-refractivity contribution in [3.8, 4) is 0 Å². The number of nitrogens with zero attached hydrogens (tertiary/aromatic N) is 1. The summed E-state index contributed by atoms with van der Waals surface area (Å²) >= 11 is 0. The third-order valence-electron chi connectivity index (χ3n) is 2.83. The fourth-order valence-electron chi connectivity index (χ4n) is 1.29. The fraction of sp³-hybridized carbons (Fsp3) is 0.643. The minimum atomic E-state index is 0.285. The average molecular weight is 236 g/mol. The van der Waals surface area contributed by atoms with Crippen LogP contribution in [0.3, 0.4) is 0 Å². The number of ether oxygens (including phenoxy) is 1. The Balaban J connectivity index is 2.40. The molecule has 0 aliphatic rings. The van der Waals surface area contributed by atoms with Crippen LogP contribution in [-0.2, 0) is 11.3 Å². The molecule has 0 spiro atoms. The summed E-state index contributed by atoms with van der Waals surface area (Å²) in [5.74, 6) is 1.49. The summed E-state index contributed by atoms with van der Waals surface area (Å²) in [6.07, 6.45) is 3.27. The maximum atomic E-state index is 5.75. The Bertz CT molecular complexity index is 309. The molecule has 96 valence electrons. The SMILES string of the molecule is CCCNc1ccc(COC(C)C(C)C)cn1. The van der Waals surface area contributed by atoms with Crippen molar-refractivity contribution in [2.75, 3.05) is 11.9 Å². The molecule has 17 heavy (non-hydrogen) atoms. The first-order chi connectivity index (χ1) is 8.13. The second kappa shape index (κ2) is 7.28. The average Bonchev–Trinajstić information content (AvgIpc) is 2.34. The van der Waals surface area contributed by atoms with Crippen molar-refractivity contribution in [1.82, 2.24) is 4.98 Å². The Morgan fingerprint density at radius 1 is 1.29 bits per heavy atom. The highest BCUT2D eigenvalue weighted by molar-refractivity contribution is 5.35. The highest BCUT2D eigenvalue weighted by atomic mass is 16.5. The predicted molar refractivity (Wildman–Crippen MR) is 72.1 cm³/mol. The van der Waals surface area contributed by atoms with E-state index in [1.165, 1.54) is 0 Å². The van der Waals surface area contributed by atoms with Crippen LogP contribution in [0.4, 0.5) is 5.82 Å². The van der Waals surface area contributed by atoms with Gasteiger partial charge in [0, 0.05) is 12.7 Å². The molecular weight excluding hydrogens is 212 g/mol. The summed E-state index contributed by atoms with van der Waals surface area (Å²) in [5.41, 5.74) is 1.12. The molecular formula is C14H24N2O. The number of rotatable bonds is 7. The Labute approximate surface area is 105 Å². The van der Waals surface area contributed by atoms with E-state index in [0.717, 1.165) is 24.3 Å². The molecule has 0 fully saturated rings. The van der Waals surface area contributed by atoms with Crippen molar-refractivity contribution in [3.05, 3.63) is 23.9 Å². The zero-order valence-corrected chi connectivity index (χ0v) is 11.4. The third-order valence-corrected chi connectivity index (χ3v) is 2.83. The first-order valence-electron chi connectivity index (χ1n) is 6.44. The van der Waals surface area contributed by atoms with Crippen LogP contribution in [0.15, 0.2) is 18.3 Å². The summed E-state index contributed by atoms with van der Waals surface area (Å²) in [4.78, 5) is 4.35. The van der Waals surface area contributed by atoms with E-state index in [1.54, 1.807) is 0 Å². The largest absolute Gasteiger partial charge is 0.374 e. The van der Waals surface area contributed by atoms with Crippen molar-refractivity contribution >= 4 is 5.82 Å². The molecule has 1 unspecified atom stereocenters. The monoisotopic (exact) mass is 236 g/mol. The molecule has 1 heterocycles. The van der Waals surface area contributed by atoms with Gasteiger partial charge in [-0.15, -0.1) is 0 Å². The molecule has 0 bridgehead atoms. The van der Waals surface area contributed by atoms with E-state index in [4.69, 9.17) is 4.74 Å². The van der Waals surface area contributed by atoms with Crippen molar-refractivity contribution in [3.63, 3.8) is 0 Å². The molecule has 0 saturated heterocycles. The van der Waals surface area contributed by atoms with Gasteiger partial charge in [0.2, 0.25) is 0 Å². The molecule has 1 aromatic heterocycles. The molecule has 0 aromatic carbocycles. The molecule has 3 nitrogen and oxygen atoms in total. The lowest BCUT2D eigenvalue weighted by molar-refractivity contribution is 0.0234. The lowest BCUT2D eigenvalue weighted by atomic mass is 10.1. The molecule has 0 aliphatic carbocycles. The molecule has 1 rings (SSSR count). The highest BCUT2D eigenvalue weighted by Crippen LogP contribution is 2.10. The maximum absolute atomic E-state index is 5.75. The van der Waals surface area contributed by atoms with Gasteiger partial charge in [0.05, 0.1) is 12.7 Å². The van der Waals surface area contributed by atoms with Crippen molar-refractivity contribution < 1.29 is 4.74 Å². The molecule has 1 atom stereocenters. The Morgan fingerprint density at radius 2 is 2.06 bits per heavy atom. The van der Waals surface area contributed by atoms with Gasteiger partial charge in [-0.1, -0.05) is 26.8 Å². The minimum absolute atomic E-state index is 0.285. The Morgan fingerprint density at radius 3 is 2.59 bits per heavy atom. The van der Waals surface area contributed by atoms with E-state index in [0.29, 0.717) is 12.5 Å². The van der Waals surface area contributed by atoms with Crippen LogP contribution >= 0.6 is 0 Å². The van der Waals surface area contributed by atoms with Gasteiger partial charge in [0.15, 0.2) is 0 Å². The van der Waals surface area contributed by atoms with Crippen molar-refractivity contribution in [1.29, 1.82) is 0 Å². The van der Waals surface area contributed by atoms with Crippen LogP contribution in [0.25, 0.3) is 0 Å². The van der Waals surface area contributed by atoms with Gasteiger partial charge in [0.25, 0.3) is 0 Å². The van der Waals surface area contributed by atoms with Gasteiger partial charge in [0.1, 0.15) is 5.82 Å². The molecule has 0 radical (unpaired) electrons. The quantitative estimate of drug-likeness (QED) is 0.787. The third kappa shape index (κ3) is 5.18. The molecule has 1 N–H and O–H groups in total. The first-order valence-corrected chi connectivity index (χ1v) is 6.44. The second-order valence-electron chi connectivity index (χ2n) is 4.74. The van der Waals surface area contributed by atoms with E-state index in [2.05, 4.69) is 44.1 Å². The van der Waals surface area contributed by atoms with Crippen LogP contribution in [-0.4, -0.2) is 17.6 Å². The smallest absolute Gasteiger partial charge is 0.125 e. The lowest BCUT2D eigenvalue weighted by Crippen LogP contribution is -2.15. The topological polar surface area (TPSA) is 34.1 Å². The number of hydrogen-bond donors (Lipinski definition) is 1. The number of pyridine rings is 1. The standard InChI is InChI=1S/C14H24N2O/c1-5-8-15-14-7-6-13(9-16-14)10-17-12(4)11(2)3/h6-7,9,11-12H,5,8,10H2,1-4H3,(H,15,16). The number of anilines is 1. The van der Waals surface area contributed by atoms with Crippen LogP contribution in [0.2, 0.25) is 0 Å². The Kier molecular flexibility index (Phi) is 5.98. The van der Waals surface area contributed by atoms with Crippen LogP contribution in [0.5, 0.6) is 0 Å².